The van der Waals surface area contributed by atoms with Gasteiger partial charge in [0.05, 0.1) is 18.7 Å². The fourth-order valence-corrected chi connectivity index (χ4v) is 2.75. The van der Waals surface area contributed by atoms with Gasteiger partial charge in [0.2, 0.25) is 12.7 Å². The quantitative estimate of drug-likeness (QED) is 0.781. The standard InChI is InChI=1S/C18H16N2O4/c21-18(19-13-5-6-16-17(10-13)24-12-23-16)11-14(15-4-3-9-22-15)20-7-1-2-8-20/h1-10,14H,11-12H2,(H,19,21). The lowest BCUT2D eigenvalue weighted by Crippen LogP contribution is -2.19. The van der Waals surface area contributed by atoms with Crippen molar-refractivity contribution in [3.8, 4) is 11.5 Å². The van der Waals surface area contributed by atoms with Crippen LogP contribution in [0.25, 0.3) is 0 Å². The van der Waals surface area contributed by atoms with Crippen LogP contribution >= 0.6 is 0 Å². The van der Waals surface area contributed by atoms with E-state index >= 15 is 0 Å². The van der Waals surface area contributed by atoms with Gasteiger partial charge in [0.1, 0.15) is 5.76 Å². The lowest BCUT2D eigenvalue weighted by atomic mass is 10.1. The summed E-state index contributed by atoms with van der Waals surface area (Å²) in [4.78, 5) is 12.5. The van der Waals surface area contributed by atoms with Crippen molar-refractivity contribution in [2.24, 2.45) is 0 Å². The van der Waals surface area contributed by atoms with Gasteiger partial charge in [-0.05, 0) is 36.4 Å². The summed E-state index contributed by atoms with van der Waals surface area (Å²) in [6, 6.07) is 12.7. The lowest BCUT2D eigenvalue weighted by Gasteiger charge is -2.16. The highest BCUT2D eigenvalue weighted by molar-refractivity contribution is 5.91. The second-order valence-electron chi connectivity index (χ2n) is 5.48. The Morgan fingerprint density at radius 3 is 2.75 bits per heavy atom. The van der Waals surface area contributed by atoms with Crippen molar-refractivity contribution < 1.29 is 18.7 Å². The Kier molecular flexibility index (Phi) is 3.70. The van der Waals surface area contributed by atoms with Gasteiger partial charge < -0.3 is 23.8 Å². The lowest BCUT2D eigenvalue weighted by molar-refractivity contribution is -0.116. The van der Waals surface area contributed by atoms with Crippen molar-refractivity contribution in [1.82, 2.24) is 4.57 Å². The first kappa shape index (κ1) is 14.4. The third kappa shape index (κ3) is 2.86. The molecule has 6 heteroatoms. The number of rotatable bonds is 5. The van der Waals surface area contributed by atoms with E-state index in [2.05, 4.69) is 5.32 Å². The van der Waals surface area contributed by atoms with Crippen LogP contribution in [0.4, 0.5) is 5.69 Å². The fourth-order valence-electron chi connectivity index (χ4n) is 2.75. The maximum atomic E-state index is 12.5. The van der Waals surface area contributed by atoms with Crippen LogP contribution in [0.3, 0.4) is 0 Å². The Hall–Kier alpha value is -3.15. The molecule has 4 rings (SSSR count). The number of carbonyl (C=O) groups is 1. The molecule has 0 radical (unpaired) electrons. The molecule has 0 fully saturated rings. The van der Waals surface area contributed by atoms with Crippen LogP contribution in [-0.2, 0) is 4.79 Å². The minimum atomic E-state index is -0.191. The molecule has 0 bridgehead atoms. The van der Waals surface area contributed by atoms with Gasteiger partial charge in [0, 0.05) is 24.1 Å². The summed E-state index contributed by atoms with van der Waals surface area (Å²) < 4.78 is 18.0. The second kappa shape index (κ2) is 6.16. The molecule has 2 aromatic heterocycles. The number of hydrogen-bond acceptors (Lipinski definition) is 4. The van der Waals surface area contributed by atoms with Crippen LogP contribution in [-0.4, -0.2) is 17.3 Å². The maximum Gasteiger partial charge on any atom is 0.231 e. The van der Waals surface area contributed by atoms with E-state index in [1.54, 1.807) is 24.5 Å². The molecule has 1 N–H and O–H groups in total. The van der Waals surface area contributed by atoms with E-state index < -0.39 is 0 Å². The smallest absolute Gasteiger partial charge is 0.231 e. The molecular weight excluding hydrogens is 308 g/mol. The monoisotopic (exact) mass is 324 g/mol. The molecule has 24 heavy (non-hydrogen) atoms. The van der Waals surface area contributed by atoms with Gasteiger partial charge in [0.15, 0.2) is 11.5 Å². The van der Waals surface area contributed by atoms with Crippen molar-refractivity contribution in [1.29, 1.82) is 0 Å². The number of amides is 1. The number of fused-ring (bicyclic) bond motifs is 1. The average molecular weight is 324 g/mol. The van der Waals surface area contributed by atoms with Crippen molar-refractivity contribution in [2.45, 2.75) is 12.5 Å². The molecule has 6 nitrogen and oxygen atoms in total. The summed E-state index contributed by atoms with van der Waals surface area (Å²) in [5, 5.41) is 2.90. The molecule has 0 saturated heterocycles. The molecule has 1 aromatic carbocycles. The highest BCUT2D eigenvalue weighted by Crippen LogP contribution is 2.34. The van der Waals surface area contributed by atoms with Gasteiger partial charge in [-0.15, -0.1) is 0 Å². The number of carbonyl (C=O) groups excluding carboxylic acids is 1. The molecule has 0 spiro atoms. The van der Waals surface area contributed by atoms with Crippen molar-refractivity contribution >= 4 is 11.6 Å². The molecule has 1 amide bonds. The summed E-state index contributed by atoms with van der Waals surface area (Å²) in [6.45, 7) is 0.209. The number of anilines is 1. The Bertz CT molecular complexity index is 791. The molecule has 0 aliphatic carbocycles. The van der Waals surface area contributed by atoms with Crippen LogP contribution in [0, 0.1) is 0 Å². The molecule has 3 heterocycles. The van der Waals surface area contributed by atoms with Gasteiger partial charge in [-0.1, -0.05) is 0 Å². The maximum absolute atomic E-state index is 12.5. The fraction of sp³-hybridized carbons (Fsp3) is 0.167. The summed E-state index contributed by atoms with van der Waals surface area (Å²) >= 11 is 0. The topological polar surface area (TPSA) is 65.6 Å². The predicted molar refractivity (Wildman–Crippen MR) is 87.1 cm³/mol. The van der Waals surface area contributed by atoms with E-state index in [0.717, 1.165) is 5.76 Å². The van der Waals surface area contributed by atoms with Crippen molar-refractivity contribution in [3.63, 3.8) is 0 Å². The molecule has 1 unspecified atom stereocenters. The van der Waals surface area contributed by atoms with E-state index in [4.69, 9.17) is 13.9 Å². The third-order valence-electron chi connectivity index (χ3n) is 3.89. The second-order valence-corrected chi connectivity index (χ2v) is 5.48. The van der Waals surface area contributed by atoms with E-state index in [-0.39, 0.29) is 25.2 Å². The van der Waals surface area contributed by atoms with E-state index in [0.29, 0.717) is 17.2 Å². The number of nitrogens with zero attached hydrogens (tertiary/aromatic N) is 1. The van der Waals surface area contributed by atoms with Gasteiger partial charge >= 0.3 is 0 Å². The SMILES string of the molecule is O=C(CC(c1ccco1)n1cccc1)Nc1ccc2c(c1)OCO2. The molecule has 3 aromatic rings. The summed E-state index contributed by atoms with van der Waals surface area (Å²) in [5.74, 6) is 1.96. The van der Waals surface area contributed by atoms with E-state index in [1.807, 2.05) is 41.2 Å². The highest BCUT2D eigenvalue weighted by atomic mass is 16.7. The number of benzene rings is 1. The largest absolute Gasteiger partial charge is 0.467 e. The van der Waals surface area contributed by atoms with Crippen LogP contribution in [0.1, 0.15) is 18.2 Å². The highest BCUT2D eigenvalue weighted by Gasteiger charge is 2.20. The van der Waals surface area contributed by atoms with Crippen molar-refractivity contribution in [2.75, 3.05) is 12.1 Å². The van der Waals surface area contributed by atoms with Gasteiger partial charge in [-0.2, -0.15) is 0 Å². The van der Waals surface area contributed by atoms with Crippen LogP contribution < -0.4 is 14.8 Å². The average Bonchev–Trinajstić information content (AvgIpc) is 3.33. The minimum Gasteiger partial charge on any atom is -0.467 e. The van der Waals surface area contributed by atoms with E-state index in [9.17, 15) is 4.79 Å². The Labute approximate surface area is 138 Å². The number of furan rings is 1. The number of nitrogens with one attached hydrogen (secondary N) is 1. The molecule has 1 atom stereocenters. The molecule has 122 valence electrons. The van der Waals surface area contributed by atoms with Crippen molar-refractivity contribution in [3.05, 3.63) is 66.9 Å². The van der Waals surface area contributed by atoms with Crippen LogP contribution in [0.15, 0.2) is 65.5 Å². The van der Waals surface area contributed by atoms with Crippen LogP contribution in [0.2, 0.25) is 0 Å². The van der Waals surface area contributed by atoms with E-state index in [1.165, 1.54) is 0 Å². The number of aromatic nitrogens is 1. The normalized spacial score (nSPS) is 13.7. The summed E-state index contributed by atoms with van der Waals surface area (Å²) in [6.07, 6.45) is 5.71. The van der Waals surface area contributed by atoms with Gasteiger partial charge in [-0.3, -0.25) is 4.79 Å². The molecule has 1 aliphatic heterocycles. The van der Waals surface area contributed by atoms with Gasteiger partial charge in [0.25, 0.3) is 0 Å². The summed E-state index contributed by atoms with van der Waals surface area (Å²) in [7, 11) is 0. The first-order valence-electron chi connectivity index (χ1n) is 7.65. The Morgan fingerprint density at radius 2 is 1.96 bits per heavy atom. The molecule has 1 aliphatic rings. The minimum absolute atomic E-state index is 0.107. The number of hydrogen-bond donors (Lipinski definition) is 1. The molecular formula is C18H16N2O4. The first-order valence-corrected chi connectivity index (χ1v) is 7.65. The number of ether oxygens (including phenoxy) is 2. The zero-order valence-corrected chi connectivity index (χ0v) is 12.8. The third-order valence-corrected chi connectivity index (χ3v) is 3.89. The predicted octanol–water partition coefficient (Wildman–Crippen LogP) is 3.43. The first-order chi connectivity index (χ1) is 11.8. The van der Waals surface area contributed by atoms with Gasteiger partial charge in [-0.25, -0.2) is 0 Å². The zero-order chi connectivity index (χ0) is 16.4. The Morgan fingerprint density at radius 1 is 1.12 bits per heavy atom. The molecule has 0 saturated carbocycles. The summed E-state index contributed by atoms with van der Waals surface area (Å²) in [5.41, 5.74) is 0.676. The zero-order valence-electron chi connectivity index (χ0n) is 12.8. The Balaban J connectivity index is 1.49. The van der Waals surface area contributed by atoms with Crippen LogP contribution in [0.5, 0.6) is 11.5 Å².